The minimum absolute atomic E-state index is 0.0516. The van der Waals surface area contributed by atoms with Crippen molar-refractivity contribution in [2.24, 2.45) is 5.41 Å². The Hall–Kier alpha value is -2.70. The van der Waals surface area contributed by atoms with Crippen LogP contribution in [0.15, 0.2) is 23.7 Å². The number of thiol groups is 1. The number of ether oxygens (including phenoxy) is 1. The van der Waals surface area contributed by atoms with Crippen LogP contribution in [0, 0.1) is 12.3 Å². The van der Waals surface area contributed by atoms with E-state index in [4.69, 9.17) is 4.74 Å². The number of aliphatic hydroxyl groups is 1. The highest BCUT2D eigenvalue weighted by molar-refractivity contribution is 7.80. The Balaban J connectivity index is 1.49. The number of alkyl halides is 1. The minimum Gasteiger partial charge on any atom is -0.480 e. The number of halogens is 1. The molecule has 2 heterocycles. The predicted molar refractivity (Wildman–Crippen MR) is 154 cm³/mol. The number of amides is 3. The molecule has 3 amide bonds. The number of thiazole rings is 1. The third-order valence-corrected chi connectivity index (χ3v) is 8.26. The highest BCUT2D eigenvalue weighted by atomic mass is 32.1. The second-order valence-corrected chi connectivity index (χ2v) is 13.2. The lowest BCUT2D eigenvalue weighted by Crippen LogP contribution is -2.59. The maximum Gasteiger partial charge on any atom is 0.258 e. The van der Waals surface area contributed by atoms with E-state index in [-0.39, 0.29) is 32.4 Å². The van der Waals surface area contributed by atoms with Crippen molar-refractivity contribution in [1.82, 2.24) is 20.5 Å². The molecule has 1 unspecified atom stereocenters. The molecule has 1 saturated heterocycles. The van der Waals surface area contributed by atoms with Gasteiger partial charge in [-0.05, 0) is 43.7 Å². The van der Waals surface area contributed by atoms with E-state index in [9.17, 15) is 23.9 Å². The van der Waals surface area contributed by atoms with Gasteiger partial charge >= 0.3 is 0 Å². The van der Waals surface area contributed by atoms with Gasteiger partial charge in [-0.15, -0.1) is 24.0 Å². The van der Waals surface area contributed by atoms with E-state index in [2.05, 4.69) is 28.2 Å². The fourth-order valence-corrected chi connectivity index (χ4v) is 5.65. The van der Waals surface area contributed by atoms with Crippen LogP contribution < -0.4 is 15.4 Å². The number of benzene rings is 1. The summed E-state index contributed by atoms with van der Waals surface area (Å²) in [6.45, 7) is 9.06. The van der Waals surface area contributed by atoms with Gasteiger partial charge in [-0.2, -0.15) is 0 Å². The normalized spacial score (nSPS) is 21.4. The van der Waals surface area contributed by atoms with Crippen molar-refractivity contribution >= 4 is 41.7 Å². The van der Waals surface area contributed by atoms with E-state index in [1.807, 2.05) is 25.1 Å². The van der Waals surface area contributed by atoms with Crippen molar-refractivity contribution in [3.05, 3.63) is 35.0 Å². The Morgan fingerprint density at radius 1 is 1.32 bits per heavy atom. The first kappa shape index (κ1) is 30.3. The van der Waals surface area contributed by atoms with Crippen molar-refractivity contribution in [3.8, 4) is 16.2 Å². The first-order valence-electron chi connectivity index (χ1n) is 13.3. The first-order valence-corrected chi connectivity index (χ1v) is 14.7. The molecule has 1 aliphatic carbocycles. The quantitative estimate of drug-likeness (QED) is 0.262. The van der Waals surface area contributed by atoms with Crippen LogP contribution in [0.25, 0.3) is 10.4 Å². The van der Waals surface area contributed by atoms with Gasteiger partial charge in [0.15, 0.2) is 5.67 Å². The van der Waals surface area contributed by atoms with E-state index in [0.717, 1.165) is 16.1 Å². The number of aliphatic hydroxyl groups excluding tert-OH is 1. The Morgan fingerprint density at radius 2 is 2.02 bits per heavy atom. The molecule has 1 aliphatic heterocycles. The number of nitrogens with zero attached hydrogens (tertiary/aromatic N) is 2. The van der Waals surface area contributed by atoms with Gasteiger partial charge in [0.1, 0.15) is 23.3 Å². The van der Waals surface area contributed by atoms with Crippen molar-refractivity contribution in [2.75, 3.05) is 6.54 Å². The molecule has 40 heavy (non-hydrogen) atoms. The van der Waals surface area contributed by atoms with Gasteiger partial charge in [0.2, 0.25) is 11.8 Å². The molecule has 218 valence electrons. The summed E-state index contributed by atoms with van der Waals surface area (Å²) in [6.07, 6.45) is -0.603. The van der Waals surface area contributed by atoms with Crippen molar-refractivity contribution in [2.45, 2.75) is 89.7 Å². The molecule has 0 radical (unpaired) electrons. The predicted octanol–water partition coefficient (Wildman–Crippen LogP) is 3.38. The zero-order valence-electron chi connectivity index (χ0n) is 23.4. The van der Waals surface area contributed by atoms with E-state index in [1.54, 1.807) is 33.2 Å². The van der Waals surface area contributed by atoms with E-state index in [0.29, 0.717) is 11.3 Å². The fraction of sp³-hybridized carbons (Fsp3) is 0.571. The van der Waals surface area contributed by atoms with Crippen LogP contribution in [0.2, 0.25) is 0 Å². The maximum atomic E-state index is 14.4. The number of hydrogen-bond donors (Lipinski definition) is 4. The molecule has 9 nitrogen and oxygen atoms in total. The summed E-state index contributed by atoms with van der Waals surface area (Å²) < 4.78 is 20.3. The van der Waals surface area contributed by atoms with E-state index < -0.39 is 52.4 Å². The maximum absolute atomic E-state index is 14.4. The van der Waals surface area contributed by atoms with Gasteiger partial charge in [0.25, 0.3) is 5.91 Å². The SMILES string of the molecule is Cc1ncsc1-c1ccc(CNC(=O)[C@@H]2C[C@@H](O)CN2C(=O)[C@@H](NC(=O)C2(F)CC2)C(C)(C)C)c(OC(C)S)c1. The Kier molecular flexibility index (Phi) is 8.82. The summed E-state index contributed by atoms with van der Waals surface area (Å²) in [4.78, 5) is 46.1. The standard InChI is InChI=1S/C28H37FN4O5S2/c1-15-22(40-14-31-15)17-6-7-18(21(10-17)38-16(2)39)12-30-24(35)20-11-19(34)13-33(20)25(36)23(27(3,4)5)32-26(37)28(29)8-9-28/h6-7,10,14,16,19-20,23,34,39H,8-9,11-13H2,1-5H3,(H,30,35)(H,32,37)/t16?,19-,20+,23-/m1/s1. The van der Waals surface area contributed by atoms with Gasteiger partial charge in [0.05, 0.1) is 22.2 Å². The Bertz CT molecular complexity index is 1270. The number of aromatic nitrogens is 1. The summed E-state index contributed by atoms with van der Waals surface area (Å²) in [5.41, 5.74) is 1.25. The van der Waals surface area contributed by atoms with Gasteiger partial charge in [-0.3, -0.25) is 14.4 Å². The molecule has 2 aliphatic rings. The molecule has 4 rings (SSSR count). The number of rotatable bonds is 9. The second-order valence-electron chi connectivity index (χ2n) is 11.7. The zero-order valence-corrected chi connectivity index (χ0v) is 25.1. The molecule has 0 spiro atoms. The van der Waals surface area contributed by atoms with Crippen LogP contribution in [0.1, 0.15) is 58.2 Å². The Morgan fingerprint density at radius 3 is 2.60 bits per heavy atom. The summed E-state index contributed by atoms with van der Waals surface area (Å²) in [6, 6.07) is 3.67. The summed E-state index contributed by atoms with van der Waals surface area (Å²) in [5.74, 6) is -1.23. The molecule has 1 aromatic carbocycles. The number of aryl methyl sites for hydroxylation is 1. The van der Waals surface area contributed by atoms with Crippen molar-refractivity contribution in [3.63, 3.8) is 0 Å². The van der Waals surface area contributed by atoms with Crippen LogP contribution in [-0.4, -0.2) is 68.5 Å². The molecule has 2 aromatic rings. The zero-order chi connectivity index (χ0) is 29.4. The Labute approximate surface area is 243 Å². The van der Waals surface area contributed by atoms with Crippen molar-refractivity contribution in [1.29, 1.82) is 0 Å². The first-order chi connectivity index (χ1) is 18.7. The smallest absolute Gasteiger partial charge is 0.258 e. The molecule has 1 aromatic heterocycles. The molecule has 2 fully saturated rings. The van der Waals surface area contributed by atoms with Gasteiger partial charge < -0.3 is 25.4 Å². The lowest BCUT2D eigenvalue weighted by atomic mass is 9.85. The summed E-state index contributed by atoms with van der Waals surface area (Å²) in [5, 5.41) is 15.8. The monoisotopic (exact) mass is 592 g/mol. The van der Waals surface area contributed by atoms with Gasteiger partial charge in [-0.25, -0.2) is 9.37 Å². The minimum atomic E-state index is -1.94. The fourth-order valence-electron chi connectivity index (χ4n) is 4.73. The number of carbonyl (C=O) groups is 3. The number of carbonyl (C=O) groups excluding carboxylic acids is 3. The topological polar surface area (TPSA) is 121 Å². The molecule has 12 heteroatoms. The van der Waals surface area contributed by atoms with Crippen LogP contribution in [0.5, 0.6) is 5.75 Å². The summed E-state index contributed by atoms with van der Waals surface area (Å²) >= 11 is 5.88. The van der Waals surface area contributed by atoms with E-state index >= 15 is 0 Å². The largest absolute Gasteiger partial charge is 0.480 e. The number of likely N-dealkylation sites (tertiary alicyclic amines) is 1. The van der Waals surface area contributed by atoms with Gasteiger partial charge in [-0.1, -0.05) is 32.9 Å². The third-order valence-electron chi connectivity index (χ3n) is 7.17. The third kappa shape index (κ3) is 6.77. The average molecular weight is 593 g/mol. The number of β-amino-alcohol motifs (C(OH)–C–C–N with tert-alkyl or cyclic N) is 1. The molecule has 1 saturated carbocycles. The van der Waals surface area contributed by atoms with Crippen LogP contribution >= 0.6 is 24.0 Å². The van der Waals surface area contributed by atoms with Gasteiger partial charge in [0, 0.05) is 25.1 Å². The number of nitrogens with one attached hydrogen (secondary N) is 2. The highest BCUT2D eigenvalue weighted by Crippen LogP contribution is 2.40. The highest BCUT2D eigenvalue weighted by Gasteiger charge is 2.53. The lowest BCUT2D eigenvalue weighted by Gasteiger charge is -2.35. The average Bonchev–Trinajstić information content (AvgIpc) is 3.28. The van der Waals surface area contributed by atoms with Crippen molar-refractivity contribution < 1.29 is 28.6 Å². The molecule has 3 N–H and O–H groups in total. The molecular weight excluding hydrogens is 555 g/mol. The van der Waals surface area contributed by atoms with Crippen LogP contribution in [0.3, 0.4) is 0 Å². The number of hydrogen-bond acceptors (Lipinski definition) is 8. The second kappa shape index (κ2) is 11.7. The molecule has 4 atom stereocenters. The lowest BCUT2D eigenvalue weighted by molar-refractivity contribution is -0.145. The van der Waals surface area contributed by atoms with Crippen LogP contribution in [0.4, 0.5) is 4.39 Å². The molecular formula is C28H37FN4O5S2. The molecule has 0 bridgehead atoms. The summed E-state index contributed by atoms with van der Waals surface area (Å²) in [7, 11) is 0. The van der Waals surface area contributed by atoms with E-state index in [1.165, 1.54) is 16.2 Å². The van der Waals surface area contributed by atoms with Crippen LogP contribution in [-0.2, 0) is 20.9 Å².